The molecule has 10 nitrogen and oxygen atoms in total. The van der Waals surface area contributed by atoms with Crippen molar-refractivity contribution in [3.63, 3.8) is 0 Å². The number of anilines is 3. The highest BCUT2D eigenvalue weighted by Gasteiger charge is 2.21. The van der Waals surface area contributed by atoms with Crippen LogP contribution in [0.1, 0.15) is 16.2 Å². The van der Waals surface area contributed by atoms with E-state index in [1.54, 1.807) is 12.3 Å². The van der Waals surface area contributed by atoms with Gasteiger partial charge in [0.25, 0.3) is 5.91 Å². The van der Waals surface area contributed by atoms with E-state index in [-0.39, 0.29) is 16.6 Å². The molecular weight excluding hydrogens is 446 g/mol. The van der Waals surface area contributed by atoms with E-state index in [2.05, 4.69) is 25.9 Å². The summed E-state index contributed by atoms with van der Waals surface area (Å²) in [5.74, 6) is -3.44. The molecule has 0 unspecified atom stereocenters. The molecule has 13 heteroatoms. The maximum absolute atomic E-state index is 14.0. The number of aromatic nitrogens is 4. The van der Waals surface area contributed by atoms with Crippen molar-refractivity contribution in [2.45, 2.75) is 6.92 Å². The summed E-state index contributed by atoms with van der Waals surface area (Å²) in [5.41, 5.74) is -0.894. The normalized spacial score (nSPS) is 10.8. The molecule has 0 aliphatic carbocycles. The number of nitrogens with one attached hydrogen (secondary N) is 2. The van der Waals surface area contributed by atoms with Gasteiger partial charge in [0, 0.05) is 18.0 Å². The van der Waals surface area contributed by atoms with Crippen LogP contribution in [0.15, 0.2) is 45.7 Å². The van der Waals surface area contributed by atoms with Gasteiger partial charge in [0.05, 0.1) is 12.8 Å². The molecule has 0 fully saturated rings. The molecule has 4 aromatic rings. The van der Waals surface area contributed by atoms with E-state index < -0.39 is 34.6 Å². The molecule has 0 aliphatic heterocycles. The summed E-state index contributed by atoms with van der Waals surface area (Å²) < 4.78 is 39.5. The molecule has 4 rings (SSSR count). The number of methoxy groups -OCH3 is 1. The Labute approximate surface area is 182 Å². The lowest BCUT2D eigenvalue weighted by atomic mass is 10.2. The predicted octanol–water partition coefficient (Wildman–Crippen LogP) is 3.27. The van der Waals surface area contributed by atoms with Crippen molar-refractivity contribution in [3.05, 3.63) is 70.0 Å². The highest BCUT2D eigenvalue weighted by atomic mass is 32.1. The lowest BCUT2D eigenvalue weighted by molar-refractivity contribution is 0.0991. The van der Waals surface area contributed by atoms with E-state index in [0.717, 1.165) is 35.2 Å². The number of hydrogen-bond acceptors (Lipinski definition) is 9. The summed E-state index contributed by atoms with van der Waals surface area (Å²) in [6.07, 6.45) is 1.59. The van der Waals surface area contributed by atoms with Gasteiger partial charge >= 0.3 is 5.63 Å². The summed E-state index contributed by atoms with van der Waals surface area (Å²) >= 11 is 1.04. The minimum atomic E-state index is -1.02. The van der Waals surface area contributed by atoms with E-state index in [1.807, 2.05) is 6.92 Å². The molecule has 0 bridgehead atoms. The van der Waals surface area contributed by atoms with Crippen LogP contribution in [0.4, 0.5) is 25.3 Å². The number of rotatable bonds is 6. The summed E-state index contributed by atoms with van der Waals surface area (Å²) in [6.45, 7) is 1.83. The second kappa shape index (κ2) is 8.55. The molecule has 32 heavy (non-hydrogen) atoms. The number of halogens is 2. The Morgan fingerprint density at radius 1 is 1.22 bits per heavy atom. The third kappa shape index (κ3) is 4.05. The van der Waals surface area contributed by atoms with Crippen molar-refractivity contribution in [1.29, 1.82) is 0 Å². The second-order valence-electron chi connectivity index (χ2n) is 6.29. The minimum absolute atomic E-state index is 0.119. The van der Waals surface area contributed by atoms with E-state index in [1.165, 1.54) is 17.9 Å². The third-order valence-electron chi connectivity index (χ3n) is 4.21. The second-order valence-corrected chi connectivity index (χ2v) is 7.25. The van der Waals surface area contributed by atoms with Crippen LogP contribution in [-0.2, 0) is 0 Å². The molecule has 164 valence electrons. The number of aryl methyl sites for hydroxylation is 1. The van der Waals surface area contributed by atoms with Gasteiger partial charge in [-0.3, -0.25) is 10.1 Å². The van der Waals surface area contributed by atoms with Gasteiger partial charge in [0.1, 0.15) is 17.3 Å². The highest BCUT2D eigenvalue weighted by molar-refractivity contribution is 7.17. The molecule has 0 saturated carbocycles. The monoisotopic (exact) mass is 460 g/mol. The van der Waals surface area contributed by atoms with Crippen LogP contribution in [0.25, 0.3) is 5.13 Å². The van der Waals surface area contributed by atoms with E-state index in [9.17, 15) is 18.4 Å². The quantitative estimate of drug-likeness (QED) is 0.449. The Kier molecular flexibility index (Phi) is 5.64. The minimum Gasteiger partial charge on any atom is -0.488 e. The number of para-hydroxylation sites is 1. The summed E-state index contributed by atoms with van der Waals surface area (Å²) in [7, 11) is 1.18. The van der Waals surface area contributed by atoms with E-state index in [4.69, 9.17) is 9.15 Å². The molecule has 0 spiro atoms. The van der Waals surface area contributed by atoms with Crippen LogP contribution in [-0.4, -0.2) is 33.0 Å². The summed E-state index contributed by atoms with van der Waals surface area (Å²) in [6, 6.07) is 6.11. The Morgan fingerprint density at radius 3 is 2.62 bits per heavy atom. The van der Waals surface area contributed by atoms with Crippen molar-refractivity contribution >= 4 is 33.8 Å². The Morgan fingerprint density at radius 2 is 1.97 bits per heavy atom. The van der Waals surface area contributed by atoms with Crippen molar-refractivity contribution in [2.75, 3.05) is 17.7 Å². The summed E-state index contributed by atoms with van der Waals surface area (Å²) in [5, 5.41) is 17.3. The Bertz CT molecular complexity index is 1350. The molecule has 3 heterocycles. The largest absolute Gasteiger partial charge is 0.488 e. The number of nitrogens with zero attached hydrogens (tertiary/aromatic N) is 4. The maximum atomic E-state index is 14.0. The molecule has 1 aromatic carbocycles. The van der Waals surface area contributed by atoms with Crippen molar-refractivity contribution in [1.82, 2.24) is 20.0 Å². The molecule has 0 saturated heterocycles. The first-order valence-electron chi connectivity index (χ1n) is 8.96. The number of hydrogen-bond donors (Lipinski definition) is 2. The SMILES string of the molecule is COc1c(Nc2c(F)cccc2F)cc(C(=O)Nc2nnc(-n3nccc3C)s2)oc1=O. The molecule has 1 amide bonds. The van der Waals surface area contributed by atoms with Gasteiger partial charge in [-0.1, -0.05) is 17.4 Å². The number of carbonyl (C=O) groups excluding carboxylic acids is 1. The Balaban J connectivity index is 1.63. The molecule has 3 aromatic heterocycles. The van der Waals surface area contributed by atoms with Gasteiger partial charge in [-0.2, -0.15) is 5.10 Å². The van der Waals surface area contributed by atoms with Gasteiger partial charge in [0.15, 0.2) is 5.76 Å². The third-order valence-corrected chi connectivity index (χ3v) is 5.02. The zero-order valence-electron chi connectivity index (χ0n) is 16.6. The van der Waals surface area contributed by atoms with Gasteiger partial charge in [-0.15, -0.1) is 10.2 Å². The number of amides is 1. The number of benzene rings is 1. The van der Waals surface area contributed by atoms with Crippen LogP contribution in [0.2, 0.25) is 0 Å². The lowest BCUT2D eigenvalue weighted by Gasteiger charge is -2.12. The topological polar surface area (TPSA) is 124 Å². The predicted molar refractivity (Wildman–Crippen MR) is 111 cm³/mol. The summed E-state index contributed by atoms with van der Waals surface area (Å²) in [4.78, 5) is 24.9. The average Bonchev–Trinajstić information content (AvgIpc) is 3.39. The zero-order valence-corrected chi connectivity index (χ0v) is 17.4. The van der Waals surface area contributed by atoms with E-state index >= 15 is 0 Å². The first-order valence-corrected chi connectivity index (χ1v) is 9.78. The van der Waals surface area contributed by atoms with Crippen LogP contribution in [0.3, 0.4) is 0 Å². The van der Waals surface area contributed by atoms with Crippen LogP contribution in [0.5, 0.6) is 5.75 Å². The van der Waals surface area contributed by atoms with Gasteiger partial charge in [-0.05, 0) is 25.1 Å². The Hall–Kier alpha value is -4.13. The molecule has 0 atom stereocenters. The van der Waals surface area contributed by atoms with Crippen molar-refractivity contribution in [2.24, 2.45) is 0 Å². The molecule has 0 radical (unpaired) electrons. The number of ether oxygens (including phenoxy) is 1. The molecule has 0 aliphatic rings. The smallest absolute Gasteiger partial charge is 0.381 e. The number of carbonyl (C=O) groups is 1. The van der Waals surface area contributed by atoms with Crippen LogP contribution < -0.4 is 21.0 Å². The van der Waals surface area contributed by atoms with Gasteiger partial charge in [0.2, 0.25) is 16.0 Å². The first kappa shape index (κ1) is 21.1. The van der Waals surface area contributed by atoms with Gasteiger partial charge < -0.3 is 14.5 Å². The van der Waals surface area contributed by atoms with Gasteiger partial charge in [-0.25, -0.2) is 18.3 Å². The van der Waals surface area contributed by atoms with Crippen LogP contribution >= 0.6 is 11.3 Å². The lowest BCUT2D eigenvalue weighted by Crippen LogP contribution is -2.17. The standard InChI is InChI=1S/C19H14F2N6O4S/c1-9-6-7-22-27(9)19-26-25-18(32-19)24-16(28)13-8-12(15(30-2)17(29)31-13)23-14-10(20)4-3-5-11(14)21/h3-8,23H,1-2H3,(H,24,25,28). The van der Waals surface area contributed by atoms with Crippen molar-refractivity contribution < 1.29 is 22.7 Å². The van der Waals surface area contributed by atoms with E-state index in [0.29, 0.717) is 5.13 Å². The fourth-order valence-electron chi connectivity index (χ4n) is 2.71. The maximum Gasteiger partial charge on any atom is 0.381 e. The van der Waals surface area contributed by atoms with Crippen LogP contribution in [0, 0.1) is 18.6 Å². The fraction of sp³-hybridized carbons (Fsp3) is 0.105. The fourth-order valence-corrected chi connectivity index (χ4v) is 3.47. The average molecular weight is 460 g/mol. The first-order chi connectivity index (χ1) is 15.4. The highest BCUT2D eigenvalue weighted by Crippen LogP contribution is 2.29. The molecule has 2 N–H and O–H groups in total. The van der Waals surface area contributed by atoms with Crippen molar-refractivity contribution in [3.8, 4) is 10.9 Å². The zero-order chi connectivity index (χ0) is 22.8. The molecular formula is C19H14F2N6O4S.